The van der Waals surface area contributed by atoms with E-state index in [9.17, 15) is 9.59 Å². The third kappa shape index (κ3) is 4.86. The van der Waals surface area contributed by atoms with Gasteiger partial charge in [0.2, 0.25) is 0 Å². The van der Waals surface area contributed by atoms with Crippen molar-refractivity contribution in [2.45, 2.75) is 53.1 Å². The molecule has 3 nitrogen and oxygen atoms in total. The molecule has 1 rings (SSSR count). The predicted octanol–water partition coefficient (Wildman–Crippen LogP) is 3.34. The summed E-state index contributed by atoms with van der Waals surface area (Å²) in [5.74, 6) is -0.629. The molecule has 0 fully saturated rings. The number of hydrogen-bond donors (Lipinski definition) is 0. The van der Waals surface area contributed by atoms with Crippen LogP contribution in [0.2, 0.25) is 0 Å². The minimum absolute atomic E-state index is 0.171. The van der Waals surface area contributed by atoms with Gasteiger partial charge >= 0.3 is 5.97 Å². The molecule has 104 valence electrons. The molecule has 0 aliphatic carbocycles. The van der Waals surface area contributed by atoms with Gasteiger partial charge < -0.3 is 4.74 Å². The standard InChI is InChI=1S/C16H22O3/c1-5-12-7-13(6-2)9-14(8-12)15(17)10-16(18)19-11(3)4/h7-9,11H,5-6,10H2,1-4H3. The summed E-state index contributed by atoms with van der Waals surface area (Å²) in [5.41, 5.74) is 2.86. The Kier molecular flexibility index (Phi) is 5.74. The molecule has 0 radical (unpaired) electrons. The smallest absolute Gasteiger partial charge is 0.313 e. The molecule has 0 saturated carbocycles. The molecule has 0 spiro atoms. The maximum Gasteiger partial charge on any atom is 0.313 e. The molecule has 0 N–H and O–H groups in total. The summed E-state index contributed by atoms with van der Waals surface area (Å²) in [4.78, 5) is 23.6. The summed E-state index contributed by atoms with van der Waals surface area (Å²) < 4.78 is 5.00. The zero-order valence-electron chi connectivity index (χ0n) is 12.2. The second-order valence-electron chi connectivity index (χ2n) is 4.88. The van der Waals surface area contributed by atoms with E-state index < -0.39 is 5.97 Å². The van der Waals surface area contributed by atoms with E-state index in [1.54, 1.807) is 13.8 Å². The van der Waals surface area contributed by atoms with Gasteiger partial charge in [-0.1, -0.05) is 19.9 Å². The summed E-state index contributed by atoms with van der Waals surface area (Å²) in [6, 6.07) is 5.83. The van der Waals surface area contributed by atoms with Crippen molar-refractivity contribution in [1.29, 1.82) is 0 Å². The number of ketones is 1. The number of Topliss-reactive ketones (excluding diaryl/α,β-unsaturated/α-hetero) is 1. The molecule has 0 heterocycles. The van der Waals surface area contributed by atoms with Crippen LogP contribution < -0.4 is 0 Å². The fourth-order valence-electron chi connectivity index (χ4n) is 1.87. The van der Waals surface area contributed by atoms with Crippen molar-refractivity contribution in [3.63, 3.8) is 0 Å². The van der Waals surface area contributed by atoms with Crippen molar-refractivity contribution >= 4 is 11.8 Å². The van der Waals surface area contributed by atoms with Gasteiger partial charge in [0.15, 0.2) is 5.78 Å². The Labute approximate surface area is 115 Å². The van der Waals surface area contributed by atoms with Crippen molar-refractivity contribution in [2.24, 2.45) is 0 Å². The Hall–Kier alpha value is -1.64. The Bertz CT molecular complexity index is 439. The lowest BCUT2D eigenvalue weighted by atomic mass is 9.99. The lowest BCUT2D eigenvalue weighted by Crippen LogP contribution is -2.16. The number of carbonyl (C=O) groups excluding carboxylic acids is 2. The van der Waals surface area contributed by atoms with Crippen LogP contribution in [0.4, 0.5) is 0 Å². The average molecular weight is 262 g/mol. The topological polar surface area (TPSA) is 43.4 Å². The van der Waals surface area contributed by atoms with Crippen LogP contribution in [-0.4, -0.2) is 17.9 Å². The summed E-state index contributed by atoms with van der Waals surface area (Å²) >= 11 is 0. The molecule has 0 aliphatic heterocycles. The van der Waals surface area contributed by atoms with Gasteiger partial charge in [-0.3, -0.25) is 9.59 Å². The Balaban J connectivity index is 2.84. The van der Waals surface area contributed by atoms with Gasteiger partial charge in [0.05, 0.1) is 6.10 Å². The highest BCUT2D eigenvalue weighted by molar-refractivity contribution is 6.06. The maximum absolute atomic E-state index is 12.1. The molecule has 3 heteroatoms. The first kappa shape index (κ1) is 15.4. The minimum atomic E-state index is -0.458. The Morgan fingerprint density at radius 3 is 2.00 bits per heavy atom. The zero-order chi connectivity index (χ0) is 14.4. The highest BCUT2D eigenvalue weighted by atomic mass is 16.5. The third-order valence-corrected chi connectivity index (χ3v) is 2.86. The van der Waals surface area contributed by atoms with E-state index >= 15 is 0 Å². The van der Waals surface area contributed by atoms with Crippen LogP contribution >= 0.6 is 0 Å². The van der Waals surface area contributed by atoms with Gasteiger partial charge in [-0.05, 0) is 49.9 Å². The lowest BCUT2D eigenvalue weighted by Gasteiger charge is -2.09. The van der Waals surface area contributed by atoms with Gasteiger partial charge in [0, 0.05) is 5.56 Å². The molecule has 0 aromatic heterocycles. The number of rotatable bonds is 6. The van der Waals surface area contributed by atoms with E-state index in [1.165, 1.54) is 0 Å². The molecule has 1 aromatic carbocycles. The van der Waals surface area contributed by atoms with E-state index in [-0.39, 0.29) is 18.3 Å². The molecule has 0 atom stereocenters. The Morgan fingerprint density at radius 1 is 1.05 bits per heavy atom. The number of benzene rings is 1. The molecular formula is C16H22O3. The maximum atomic E-state index is 12.1. The van der Waals surface area contributed by atoms with Crippen LogP contribution in [0.25, 0.3) is 0 Å². The van der Waals surface area contributed by atoms with Gasteiger partial charge in [-0.25, -0.2) is 0 Å². The highest BCUT2D eigenvalue weighted by Crippen LogP contribution is 2.14. The average Bonchev–Trinajstić information content (AvgIpc) is 2.36. The first-order chi connectivity index (χ1) is 8.96. The molecule has 19 heavy (non-hydrogen) atoms. The van der Waals surface area contributed by atoms with Crippen LogP contribution in [0.15, 0.2) is 18.2 Å². The number of hydrogen-bond acceptors (Lipinski definition) is 3. The molecular weight excluding hydrogens is 240 g/mol. The zero-order valence-corrected chi connectivity index (χ0v) is 12.2. The van der Waals surface area contributed by atoms with Crippen molar-refractivity contribution < 1.29 is 14.3 Å². The minimum Gasteiger partial charge on any atom is -0.463 e. The Morgan fingerprint density at radius 2 is 1.58 bits per heavy atom. The van der Waals surface area contributed by atoms with Gasteiger partial charge in [-0.15, -0.1) is 0 Å². The molecule has 0 aliphatic rings. The van der Waals surface area contributed by atoms with E-state index in [1.807, 2.05) is 12.1 Å². The first-order valence-electron chi connectivity index (χ1n) is 6.81. The quantitative estimate of drug-likeness (QED) is 0.448. The van der Waals surface area contributed by atoms with Crippen LogP contribution in [0.5, 0.6) is 0 Å². The fourth-order valence-corrected chi connectivity index (χ4v) is 1.87. The van der Waals surface area contributed by atoms with Crippen LogP contribution in [-0.2, 0) is 22.4 Å². The summed E-state index contributed by atoms with van der Waals surface area (Å²) in [5, 5.41) is 0. The molecule has 1 aromatic rings. The molecule has 0 bridgehead atoms. The van der Waals surface area contributed by atoms with Crippen LogP contribution in [0, 0.1) is 0 Å². The van der Waals surface area contributed by atoms with E-state index in [4.69, 9.17) is 4.74 Å². The summed E-state index contributed by atoms with van der Waals surface area (Å²) in [6.07, 6.45) is 1.39. The second-order valence-corrected chi connectivity index (χ2v) is 4.88. The predicted molar refractivity (Wildman–Crippen MR) is 75.4 cm³/mol. The summed E-state index contributed by atoms with van der Waals surface area (Å²) in [6.45, 7) is 7.65. The second kappa shape index (κ2) is 7.07. The van der Waals surface area contributed by atoms with Gasteiger partial charge in [-0.2, -0.15) is 0 Å². The van der Waals surface area contributed by atoms with Crippen LogP contribution in [0.1, 0.15) is 55.6 Å². The van der Waals surface area contributed by atoms with Crippen LogP contribution in [0.3, 0.4) is 0 Å². The van der Waals surface area contributed by atoms with Crippen molar-refractivity contribution in [2.75, 3.05) is 0 Å². The molecule has 0 unspecified atom stereocenters. The van der Waals surface area contributed by atoms with Gasteiger partial charge in [0.1, 0.15) is 6.42 Å². The van der Waals surface area contributed by atoms with E-state index in [0.29, 0.717) is 5.56 Å². The van der Waals surface area contributed by atoms with Crippen molar-refractivity contribution in [3.8, 4) is 0 Å². The molecule has 0 amide bonds. The largest absolute Gasteiger partial charge is 0.463 e. The highest BCUT2D eigenvalue weighted by Gasteiger charge is 2.15. The fraction of sp³-hybridized carbons (Fsp3) is 0.500. The normalized spacial score (nSPS) is 10.6. The van der Waals surface area contributed by atoms with Crippen molar-refractivity contribution in [3.05, 3.63) is 34.9 Å². The first-order valence-corrected chi connectivity index (χ1v) is 6.81. The lowest BCUT2D eigenvalue weighted by molar-refractivity contribution is -0.146. The van der Waals surface area contributed by atoms with Crippen molar-refractivity contribution in [1.82, 2.24) is 0 Å². The number of esters is 1. The van der Waals surface area contributed by atoms with E-state index in [0.717, 1.165) is 24.0 Å². The monoisotopic (exact) mass is 262 g/mol. The SMILES string of the molecule is CCc1cc(CC)cc(C(=O)CC(=O)OC(C)C)c1. The van der Waals surface area contributed by atoms with Gasteiger partial charge in [0.25, 0.3) is 0 Å². The molecule has 0 saturated heterocycles. The van der Waals surface area contributed by atoms with E-state index in [2.05, 4.69) is 19.9 Å². The summed E-state index contributed by atoms with van der Waals surface area (Å²) in [7, 11) is 0. The number of ether oxygens (including phenoxy) is 1. The third-order valence-electron chi connectivity index (χ3n) is 2.86. The number of carbonyl (C=O) groups is 2. The number of aryl methyl sites for hydroxylation is 2.